The van der Waals surface area contributed by atoms with E-state index in [4.69, 9.17) is 16.0 Å². The summed E-state index contributed by atoms with van der Waals surface area (Å²) in [6.45, 7) is 5.72. The molecule has 1 unspecified atom stereocenters. The Balaban J connectivity index is 1.99. The first-order valence-corrected chi connectivity index (χ1v) is 7.42. The summed E-state index contributed by atoms with van der Waals surface area (Å²) in [5, 5.41) is 1.47. The first kappa shape index (κ1) is 13.5. The molecule has 4 heteroatoms. The van der Waals surface area contributed by atoms with Crippen molar-refractivity contribution in [2.45, 2.75) is 26.7 Å². The summed E-state index contributed by atoms with van der Waals surface area (Å²) < 4.78 is 5.76. The fourth-order valence-corrected chi connectivity index (χ4v) is 3.14. The minimum absolute atomic E-state index is 0.0127. The third-order valence-electron chi connectivity index (χ3n) is 4.05. The summed E-state index contributed by atoms with van der Waals surface area (Å²) in [5.74, 6) is 0.976. The van der Waals surface area contributed by atoms with Gasteiger partial charge < -0.3 is 9.32 Å². The number of fused-ring (bicyclic) bond motifs is 1. The molecule has 1 atom stereocenters. The van der Waals surface area contributed by atoms with Crippen molar-refractivity contribution in [1.29, 1.82) is 0 Å². The highest BCUT2D eigenvalue weighted by molar-refractivity contribution is 6.35. The molecule has 0 bridgehead atoms. The van der Waals surface area contributed by atoms with Crippen LogP contribution in [0.5, 0.6) is 0 Å². The lowest BCUT2D eigenvalue weighted by molar-refractivity contribution is 0.0652. The summed E-state index contributed by atoms with van der Waals surface area (Å²) in [6, 6.07) is 5.60. The van der Waals surface area contributed by atoms with E-state index in [2.05, 4.69) is 6.92 Å². The van der Waals surface area contributed by atoms with Crippen molar-refractivity contribution in [3.63, 3.8) is 0 Å². The van der Waals surface area contributed by atoms with E-state index in [0.717, 1.165) is 30.5 Å². The third-order valence-corrected chi connectivity index (χ3v) is 4.35. The lowest BCUT2D eigenvalue weighted by atomic mass is 10.00. The molecule has 1 aliphatic rings. The van der Waals surface area contributed by atoms with Crippen molar-refractivity contribution in [2.24, 2.45) is 5.92 Å². The van der Waals surface area contributed by atoms with Crippen LogP contribution in [0.1, 0.15) is 35.9 Å². The maximum atomic E-state index is 12.6. The second-order valence-corrected chi connectivity index (χ2v) is 6.08. The number of hydrogen-bond donors (Lipinski definition) is 0. The van der Waals surface area contributed by atoms with Crippen molar-refractivity contribution < 1.29 is 9.21 Å². The average molecular weight is 292 g/mol. The van der Waals surface area contributed by atoms with E-state index < -0.39 is 0 Å². The summed E-state index contributed by atoms with van der Waals surface area (Å²) in [5.41, 5.74) is 1.49. The number of halogens is 1. The molecule has 0 aliphatic carbocycles. The first-order valence-electron chi connectivity index (χ1n) is 7.05. The van der Waals surface area contributed by atoms with Gasteiger partial charge in [-0.15, -0.1) is 0 Å². The molecule has 20 heavy (non-hydrogen) atoms. The van der Waals surface area contributed by atoms with Gasteiger partial charge in [-0.05, 0) is 31.7 Å². The SMILES string of the molecule is Cc1c(C(=O)N2CCCC(C)C2)oc2c(Cl)cccc12. The maximum Gasteiger partial charge on any atom is 0.289 e. The Morgan fingerprint density at radius 1 is 1.45 bits per heavy atom. The summed E-state index contributed by atoms with van der Waals surface area (Å²) >= 11 is 6.14. The zero-order chi connectivity index (χ0) is 14.3. The van der Waals surface area contributed by atoms with E-state index in [-0.39, 0.29) is 5.91 Å². The van der Waals surface area contributed by atoms with E-state index in [1.165, 1.54) is 6.42 Å². The summed E-state index contributed by atoms with van der Waals surface area (Å²) in [7, 11) is 0. The number of para-hydroxylation sites is 1. The van der Waals surface area contributed by atoms with Crippen LogP contribution >= 0.6 is 11.6 Å². The third kappa shape index (κ3) is 2.20. The molecule has 0 N–H and O–H groups in total. The van der Waals surface area contributed by atoms with Crippen LogP contribution in [0.15, 0.2) is 22.6 Å². The largest absolute Gasteiger partial charge is 0.449 e. The zero-order valence-electron chi connectivity index (χ0n) is 11.8. The van der Waals surface area contributed by atoms with Gasteiger partial charge in [0.15, 0.2) is 11.3 Å². The Bertz CT molecular complexity index is 662. The minimum Gasteiger partial charge on any atom is -0.449 e. The molecule has 1 fully saturated rings. The Labute approximate surface area is 123 Å². The molecule has 0 radical (unpaired) electrons. The summed E-state index contributed by atoms with van der Waals surface area (Å²) in [4.78, 5) is 14.5. The molecule has 0 spiro atoms. The van der Waals surface area contributed by atoms with Crippen LogP contribution in [0, 0.1) is 12.8 Å². The fraction of sp³-hybridized carbons (Fsp3) is 0.438. The van der Waals surface area contributed by atoms with Crippen LogP contribution in [0.3, 0.4) is 0 Å². The lowest BCUT2D eigenvalue weighted by Gasteiger charge is -2.30. The van der Waals surface area contributed by atoms with E-state index in [0.29, 0.717) is 22.3 Å². The predicted molar refractivity (Wildman–Crippen MR) is 80.3 cm³/mol. The number of hydrogen-bond acceptors (Lipinski definition) is 2. The molecule has 3 rings (SSSR count). The zero-order valence-corrected chi connectivity index (χ0v) is 12.5. The molecular weight excluding hydrogens is 274 g/mol. The molecule has 1 saturated heterocycles. The van der Waals surface area contributed by atoms with E-state index in [1.54, 1.807) is 6.07 Å². The highest BCUT2D eigenvalue weighted by Gasteiger charge is 2.27. The van der Waals surface area contributed by atoms with Gasteiger partial charge in [-0.25, -0.2) is 0 Å². The van der Waals surface area contributed by atoms with Crippen molar-refractivity contribution >= 4 is 28.5 Å². The highest BCUT2D eigenvalue weighted by Crippen LogP contribution is 2.31. The Hall–Kier alpha value is -1.48. The van der Waals surface area contributed by atoms with E-state index >= 15 is 0 Å². The molecule has 1 aromatic heterocycles. The van der Waals surface area contributed by atoms with Crippen molar-refractivity contribution in [3.8, 4) is 0 Å². The van der Waals surface area contributed by atoms with Gasteiger partial charge in [0.05, 0.1) is 5.02 Å². The van der Waals surface area contributed by atoms with Gasteiger partial charge in [0.25, 0.3) is 5.91 Å². The number of rotatable bonds is 1. The average Bonchev–Trinajstić information content (AvgIpc) is 2.77. The summed E-state index contributed by atoms with van der Waals surface area (Å²) in [6.07, 6.45) is 2.25. The van der Waals surface area contributed by atoms with Crippen molar-refractivity contribution in [1.82, 2.24) is 4.90 Å². The molecule has 3 nitrogen and oxygen atoms in total. The van der Waals surface area contributed by atoms with Crippen LogP contribution in [0.2, 0.25) is 5.02 Å². The Kier molecular flexibility index (Phi) is 3.47. The number of aryl methyl sites for hydroxylation is 1. The molecular formula is C16H18ClNO2. The van der Waals surface area contributed by atoms with Gasteiger partial charge in [0.1, 0.15) is 0 Å². The smallest absolute Gasteiger partial charge is 0.289 e. The van der Waals surface area contributed by atoms with Crippen molar-refractivity contribution in [2.75, 3.05) is 13.1 Å². The van der Waals surface area contributed by atoms with Crippen LogP contribution in [-0.2, 0) is 0 Å². The Morgan fingerprint density at radius 2 is 2.25 bits per heavy atom. The number of carbonyl (C=O) groups excluding carboxylic acids is 1. The molecule has 1 amide bonds. The highest BCUT2D eigenvalue weighted by atomic mass is 35.5. The standard InChI is InChI=1S/C16H18ClNO2/c1-10-5-4-8-18(9-10)16(19)14-11(2)12-6-3-7-13(17)15(12)20-14/h3,6-7,10H,4-5,8-9H2,1-2H3. The number of piperidine rings is 1. The number of likely N-dealkylation sites (tertiary alicyclic amines) is 1. The van der Waals surface area contributed by atoms with Crippen molar-refractivity contribution in [3.05, 3.63) is 34.5 Å². The van der Waals surface area contributed by atoms with Crippen LogP contribution in [0.4, 0.5) is 0 Å². The number of carbonyl (C=O) groups is 1. The van der Waals surface area contributed by atoms with E-state index in [9.17, 15) is 4.79 Å². The molecule has 1 aliphatic heterocycles. The quantitative estimate of drug-likeness (QED) is 0.786. The Morgan fingerprint density at radius 3 is 2.95 bits per heavy atom. The van der Waals surface area contributed by atoms with Gasteiger partial charge in [-0.1, -0.05) is 30.7 Å². The normalized spacial score (nSPS) is 19.6. The lowest BCUT2D eigenvalue weighted by Crippen LogP contribution is -2.39. The van der Waals surface area contributed by atoms with Crippen LogP contribution in [-0.4, -0.2) is 23.9 Å². The van der Waals surface area contributed by atoms with E-state index in [1.807, 2.05) is 24.0 Å². The fourth-order valence-electron chi connectivity index (χ4n) is 2.93. The topological polar surface area (TPSA) is 33.5 Å². The van der Waals surface area contributed by atoms with Gasteiger partial charge in [0.2, 0.25) is 0 Å². The number of benzene rings is 1. The van der Waals surface area contributed by atoms with Gasteiger partial charge >= 0.3 is 0 Å². The molecule has 1 aromatic carbocycles. The van der Waals surface area contributed by atoms with Crippen LogP contribution < -0.4 is 0 Å². The number of amides is 1. The van der Waals surface area contributed by atoms with Gasteiger partial charge in [-0.2, -0.15) is 0 Å². The minimum atomic E-state index is -0.0127. The van der Waals surface area contributed by atoms with Gasteiger partial charge in [-0.3, -0.25) is 4.79 Å². The molecule has 2 aromatic rings. The second kappa shape index (κ2) is 5.13. The molecule has 106 valence electrons. The number of furan rings is 1. The maximum absolute atomic E-state index is 12.6. The second-order valence-electron chi connectivity index (χ2n) is 5.67. The molecule has 2 heterocycles. The number of nitrogens with zero attached hydrogens (tertiary/aromatic N) is 1. The van der Waals surface area contributed by atoms with Gasteiger partial charge in [0, 0.05) is 24.0 Å². The predicted octanol–water partition coefficient (Wildman–Crippen LogP) is 4.27. The first-order chi connectivity index (χ1) is 9.58. The molecule has 0 saturated carbocycles. The van der Waals surface area contributed by atoms with Crippen LogP contribution in [0.25, 0.3) is 11.0 Å². The monoisotopic (exact) mass is 291 g/mol.